The summed E-state index contributed by atoms with van der Waals surface area (Å²) in [5, 5.41) is 12.0. The van der Waals surface area contributed by atoms with Crippen LogP contribution in [0.5, 0.6) is 0 Å². The lowest BCUT2D eigenvalue weighted by molar-refractivity contribution is 0.349. The summed E-state index contributed by atoms with van der Waals surface area (Å²) in [7, 11) is 0. The molecule has 66 valence electrons. The van der Waals surface area contributed by atoms with E-state index in [0.717, 1.165) is 4.68 Å². The van der Waals surface area contributed by atoms with E-state index in [0.29, 0.717) is 5.56 Å². The zero-order chi connectivity index (χ0) is 9.56. The minimum atomic E-state index is -0.678. The summed E-state index contributed by atoms with van der Waals surface area (Å²) in [5.41, 5.74) is 0.998. The van der Waals surface area contributed by atoms with Crippen molar-refractivity contribution >= 4 is 0 Å². The molecule has 0 aliphatic rings. The number of halogens is 1. The Hall–Kier alpha value is -1.37. The number of aryl methyl sites for hydroxylation is 1. The van der Waals surface area contributed by atoms with Crippen LogP contribution in [-0.2, 0) is 6.80 Å². The molecular formula is C8H12FN3. The number of nitrogens with zero attached hydrogens (tertiary/aromatic N) is 3. The van der Waals surface area contributed by atoms with Gasteiger partial charge in [-0.2, -0.15) is 10.4 Å². The van der Waals surface area contributed by atoms with Crippen LogP contribution in [0.4, 0.5) is 4.39 Å². The Morgan fingerprint density at radius 1 is 1.67 bits per heavy atom. The average Bonchev–Trinajstić information content (AvgIpc) is 2.49. The van der Waals surface area contributed by atoms with Crippen molar-refractivity contribution in [1.29, 1.82) is 5.26 Å². The molecule has 0 amide bonds. The normalized spacial score (nSPS) is 8.25. The van der Waals surface area contributed by atoms with Crippen LogP contribution >= 0.6 is 0 Å². The van der Waals surface area contributed by atoms with Gasteiger partial charge in [-0.3, -0.25) is 0 Å². The van der Waals surface area contributed by atoms with E-state index in [1.807, 2.05) is 19.9 Å². The maximum Gasteiger partial charge on any atom is 0.181 e. The summed E-state index contributed by atoms with van der Waals surface area (Å²) in [6, 6.07) is 1.85. The Kier molecular flexibility index (Phi) is 4.70. The number of nitriles is 1. The molecule has 0 radical (unpaired) electrons. The minimum Gasteiger partial charge on any atom is -0.240 e. The van der Waals surface area contributed by atoms with Gasteiger partial charge in [0.25, 0.3) is 0 Å². The molecule has 0 saturated heterocycles. The Balaban J connectivity index is 0.000000561. The molecule has 0 spiro atoms. The van der Waals surface area contributed by atoms with Gasteiger partial charge in [-0.25, -0.2) is 9.07 Å². The molecule has 1 rings (SSSR count). The molecule has 0 aliphatic carbocycles. The first kappa shape index (κ1) is 10.6. The molecule has 0 bridgehead atoms. The van der Waals surface area contributed by atoms with E-state index in [-0.39, 0.29) is 5.69 Å². The van der Waals surface area contributed by atoms with Gasteiger partial charge in [0.05, 0.1) is 0 Å². The first-order valence-electron chi connectivity index (χ1n) is 3.78. The quantitative estimate of drug-likeness (QED) is 0.645. The molecule has 0 aliphatic heterocycles. The lowest BCUT2D eigenvalue weighted by Crippen LogP contribution is -1.92. The highest BCUT2D eigenvalue weighted by molar-refractivity contribution is 5.27. The van der Waals surface area contributed by atoms with Gasteiger partial charge in [0.15, 0.2) is 12.5 Å². The van der Waals surface area contributed by atoms with Crippen LogP contribution in [0, 0.1) is 18.3 Å². The van der Waals surface area contributed by atoms with Gasteiger partial charge in [0.1, 0.15) is 6.07 Å². The van der Waals surface area contributed by atoms with Gasteiger partial charge in [-0.05, 0) is 6.92 Å². The smallest absolute Gasteiger partial charge is 0.181 e. The van der Waals surface area contributed by atoms with Crippen molar-refractivity contribution in [3.8, 4) is 6.07 Å². The first-order valence-corrected chi connectivity index (χ1v) is 3.78. The van der Waals surface area contributed by atoms with Crippen LogP contribution in [0.1, 0.15) is 25.1 Å². The van der Waals surface area contributed by atoms with Gasteiger partial charge in [-0.1, -0.05) is 13.8 Å². The van der Waals surface area contributed by atoms with Crippen molar-refractivity contribution in [3.05, 3.63) is 17.5 Å². The lowest BCUT2D eigenvalue weighted by Gasteiger charge is -1.85. The molecule has 12 heavy (non-hydrogen) atoms. The molecule has 0 unspecified atom stereocenters. The van der Waals surface area contributed by atoms with Gasteiger partial charge < -0.3 is 0 Å². The van der Waals surface area contributed by atoms with Crippen LogP contribution in [-0.4, -0.2) is 9.78 Å². The van der Waals surface area contributed by atoms with Crippen molar-refractivity contribution in [2.75, 3.05) is 0 Å². The Morgan fingerprint density at radius 3 is 2.50 bits per heavy atom. The molecule has 0 atom stereocenters. The second kappa shape index (κ2) is 5.30. The zero-order valence-electron chi connectivity index (χ0n) is 7.50. The maximum atomic E-state index is 11.8. The molecule has 0 fully saturated rings. The van der Waals surface area contributed by atoms with Crippen LogP contribution in [0.25, 0.3) is 0 Å². The molecule has 0 N–H and O–H groups in total. The minimum absolute atomic E-state index is 0.289. The predicted octanol–water partition coefficient (Wildman–Crippen LogP) is 2.02. The maximum absolute atomic E-state index is 11.8. The summed E-state index contributed by atoms with van der Waals surface area (Å²) in [6.07, 6.45) is 1.50. The van der Waals surface area contributed by atoms with E-state index in [1.54, 1.807) is 6.92 Å². The molecular weight excluding hydrogens is 157 g/mol. The fourth-order valence-electron chi connectivity index (χ4n) is 0.693. The van der Waals surface area contributed by atoms with Crippen molar-refractivity contribution < 1.29 is 4.39 Å². The lowest BCUT2D eigenvalue weighted by atomic mass is 10.3. The highest BCUT2D eigenvalue weighted by Gasteiger charge is 2.01. The third-order valence-corrected chi connectivity index (χ3v) is 1.17. The van der Waals surface area contributed by atoms with Crippen LogP contribution in [0.15, 0.2) is 6.20 Å². The van der Waals surface area contributed by atoms with Gasteiger partial charge in [0.2, 0.25) is 0 Å². The van der Waals surface area contributed by atoms with Crippen LogP contribution in [0.3, 0.4) is 0 Å². The number of hydrogen-bond donors (Lipinski definition) is 0. The fraction of sp³-hybridized carbons (Fsp3) is 0.500. The highest BCUT2D eigenvalue weighted by Crippen LogP contribution is 2.02. The second-order valence-electron chi connectivity index (χ2n) is 1.93. The van der Waals surface area contributed by atoms with Gasteiger partial charge in [0, 0.05) is 11.8 Å². The van der Waals surface area contributed by atoms with Crippen molar-refractivity contribution in [3.63, 3.8) is 0 Å². The second-order valence-corrected chi connectivity index (χ2v) is 1.93. The van der Waals surface area contributed by atoms with Crippen molar-refractivity contribution in [2.24, 2.45) is 0 Å². The molecule has 3 nitrogen and oxygen atoms in total. The largest absolute Gasteiger partial charge is 0.240 e. The molecule has 4 heteroatoms. The van der Waals surface area contributed by atoms with Gasteiger partial charge >= 0.3 is 0 Å². The summed E-state index contributed by atoms with van der Waals surface area (Å²) >= 11 is 0. The first-order chi connectivity index (χ1) is 5.77. The zero-order valence-corrected chi connectivity index (χ0v) is 7.50. The highest BCUT2D eigenvalue weighted by atomic mass is 19.1. The standard InChI is InChI=1S/C6H6FN3.C2H6/c1-5-3-10(4-7)9-6(5)2-8;1-2/h3H,4H2,1H3;1-2H3. The predicted molar refractivity (Wildman–Crippen MR) is 44.1 cm³/mol. The number of alkyl halides is 1. The van der Waals surface area contributed by atoms with E-state index in [4.69, 9.17) is 5.26 Å². The summed E-state index contributed by atoms with van der Waals surface area (Å²) in [4.78, 5) is 0. The van der Waals surface area contributed by atoms with Gasteiger partial charge in [-0.15, -0.1) is 0 Å². The molecule has 1 heterocycles. The van der Waals surface area contributed by atoms with E-state index >= 15 is 0 Å². The Labute approximate surface area is 71.4 Å². The topological polar surface area (TPSA) is 41.6 Å². The number of rotatable bonds is 1. The number of aromatic nitrogens is 2. The monoisotopic (exact) mass is 169 g/mol. The van der Waals surface area contributed by atoms with Crippen molar-refractivity contribution in [1.82, 2.24) is 9.78 Å². The number of hydrogen-bond acceptors (Lipinski definition) is 2. The fourth-order valence-corrected chi connectivity index (χ4v) is 0.693. The summed E-state index contributed by atoms with van der Waals surface area (Å²) in [6.45, 7) is 5.04. The van der Waals surface area contributed by atoms with Crippen LogP contribution in [0.2, 0.25) is 0 Å². The molecule has 0 saturated carbocycles. The SMILES string of the molecule is CC.Cc1cn(CF)nc1C#N. The Bertz CT molecular complexity index is 272. The summed E-state index contributed by atoms with van der Waals surface area (Å²) in [5.74, 6) is 0. The van der Waals surface area contributed by atoms with E-state index in [1.165, 1.54) is 6.20 Å². The molecule has 0 aromatic carbocycles. The summed E-state index contributed by atoms with van der Waals surface area (Å²) < 4.78 is 12.9. The molecule has 1 aromatic rings. The third-order valence-electron chi connectivity index (χ3n) is 1.17. The van der Waals surface area contributed by atoms with E-state index < -0.39 is 6.80 Å². The third kappa shape index (κ3) is 2.35. The van der Waals surface area contributed by atoms with E-state index in [9.17, 15) is 4.39 Å². The molecule has 1 aromatic heterocycles. The van der Waals surface area contributed by atoms with Crippen LogP contribution < -0.4 is 0 Å². The average molecular weight is 169 g/mol. The Morgan fingerprint density at radius 2 is 2.25 bits per heavy atom. The van der Waals surface area contributed by atoms with Crippen molar-refractivity contribution in [2.45, 2.75) is 27.6 Å². The van der Waals surface area contributed by atoms with E-state index in [2.05, 4.69) is 5.10 Å².